The lowest BCUT2D eigenvalue weighted by atomic mass is 10.1. The lowest BCUT2D eigenvalue weighted by molar-refractivity contribution is 0.177. The molecule has 0 bridgehead atoms. The van der Waals surface area contributed by atoms with Gasteiger partial charge in [-0.2, -0.15) is 0 Å². The van der Waals surface area contributed by atoms with Gasteiger partial charge in [0.2, 0.25) is 0 Å². The number of nitrogens with zero attached hydrogens (tertiary/aromatic N) is 1. The molecule has 1 heterocycles. The van der Waals surface area contributed by atoms with Gasteiger partial charge in [-0.15, -0.1) is 0 Å². The van der Waals surface area contributed by atoms with E-state index < -0.39 is 9.84 Å². The van der Waals surface area contributed by atoms with E-state index in [0.29, 0.717) is 16.2 Å². The smallest absolute Gasteiger partial charge is 0.182 e. The van der Waals surface area contributed by atoms with E-state index in [0.717, 1.165) is 24.8 Å². The Kier molecular flexibility index (Phi) is 3.82. The molecule has 5 nitrogen and oxygen atoms in total. The lowest BCUT2D eigenvalue weighted by Crippen LogP contribution is -2.07. The van der Waals surface area contributed by atoms with E-state index >= 15 is 0 Å². The van der Waals surface area contributed by atoms with Crippen LogP contribution in [0.15, 0.2) is 33.9 Å². The van der Waals surface area contributed by atoms with E-state index in [1.807, 2.05) is 6.07 Å². The molecule has 0 saturated heterocycles. The molecule has 0 fully saturated rings. The summed E-state index contributed by atoms with van der Waals surface area (Å²) in [4.78, 5) is 0.368. The molecule has 0 amide bonds. The number of methoxy groups -OCH3 is 1. The van der Waals surface area contributed by atoms with Gasteiger partial charge < -0.3 is 9.26 Å². The summed E-state index contributed by atoms with van der Waals surface area (Å²) in [5.74, 6) is -0.117. The van der Waals surface area contributed by atoms with E-state index in [4.69, 9.17) is 9.26 Å². The normalized spacial score (nSPS) is 14.3. The van der Waals surface area contributed by atoms with Crippen LogP contribution in [0.25, 0.3) is 0 Å². The van der Waals surface area contributed by atoms with Gasteiger partial charge >= 0.3 is 0 Å². The molecule has 0 atom stereocenters. The molecule has 1 aromatic carbocycles. The minimum absolute atomic E-state index is 0.117. The monoisotopic (exact) mass is 307 g/mol. The molecule has 112 valence electrons. The van der Waals surface area contributed by atoms with Crippen molar-refractivity contribution in [1.82, 2.24) is 5.16 Å². The Bertz CT molecular complexity index is 749. The molecule has 2 aromatic rings. The van der Waals surface area contributed by atoms with Gasteiger partial charge in [-0.25, -0.2) is 8.42 Å². The quantitative estimate of drug-likeness (QED) is 0.847. The van der Waals surface area contributed by atoms with E-state index in [2.05, 4.69) is 5.16 Å². The van der Waals surface area contributed by atoms with Crippen LogP contribution in [0.2, 0.25) is 0 Å². The second-order valence-electron chi connectivity index (χ2n) is 5.26. The zero-order chi connectivity index (χ0) is 14.9. The first kappa shape index (κ1) is 14.3. The van der Waals surface area contributed by atoms with Gasteiger partial charge in [0, 0.05) is 12.7 Å². The van der Waals surface area contributed by atoms with Crippen molar-refractivity contribution in [2.45, 2.75) is 36.5 Å². The molecule has 0 radical (unpaired) electrons. The maximum atomic E-state index is 12.5. The summed E-state index contributed by atoms with van der Waals surface area (Å²) in [6, 6.07) is 5.43. The number of benzene rings is 1. The second kappa shape index (κ2) is 5.61. The average molecular weight is 307 g/mol. The van der Waals surface area contributed by atoms with Crippen molar-refractivity contribution in [2.75, 3.05) is 7.11 Å². The van der Waals surface area contributed by atoms with Gasteiger partial charge in [0.05, 0.1) is 17.3 Å². The van der Waals surface area contributed by atoms with Gasteiger partial charge in [0.1, 0.15) is 12.0 Å². The molecule has 0 unspecified atom stereocenters. The molecule has 1 aromatic heterocycles. The van der Waals surface area contributed by atoms with Gasteiger partial charge in [-0.05, 0) is 42.5 Å². The summed E-state index contributed by atoms with van der Waals surface area (Å²) in [5, 5.41) is 3.78. The van der Waals surface area contributed by atoms with Crippen molar-refractivity contribution in [2.24, 2.45) is 0 Å². The maximum absolute atomic E-state index is 12.5. The fourth-order valence-corrected chi connectivity index (χ4v) is 4.09. The topological polar surface area (TPSA) is 69.4 Å². The molecular weight excluding hydrogens is 290 g/mol. The number of rotatable bonds is 5. The first-order valence-corrected chi connectivity index (χ1v) is 8.51. The predicted molar refractivity (Wildman–Crippen MR) is 76.6 cm³/mol. The van der Waals surface area contributed by atoms with E-state index in [-0.39, 0.29) is 12.4 Å². The zero-order valence-electron chi connectivity index (χ0n) is 11.8. The van der Waals surface area contributed by atoms with Crippen LogP contribution in [0.3, 0.4) is 0 Å². The molecule has 0 N–H and O–H groups in total. The van der Waals surface area contributed by atoms with Crippen molar-refractivity contribution in [1.29, 1.82) is 0 Å². The summed E-state index contributed by atoms with van der Waals surface area (Å²) >= 11 is 0. The first-order chi connectivity index (χ1) is 10.1. The summed E-state index contributed by atoms with van der Waals surface area (Å²) < 4.78 is 34.9. The summed E-state index contributed by atoms with van der Waals surface area (Å²) in [6.45, 7) is 0.242. The second-order valence-corrected chi connectivity index (χ2v) is 7.25. The Morgan fingerprint density at radius 3 is 2.90 bits per heavy atom. The number of ether oxygens (including phenoxy) is 1. The molecule has 1 aliphatic rings. The number of hydrogen-bond donors (Lipinski definition) is 0. The summed E-state index contributed by atoms with van der Waals surface area (Å²) in [6.07, 6.45) is 4.47. The Labute approximate surface area is 123 Å². The predicted octanol–water partition coefficient (Wildman–Crippen LogP) is 2.28. The fourth-order valence-electron chi connectivity index (χ4n) is 2.68. The van der Waals surface area contributed by atoms with Crippen LogP contribution in [0, 0.1) is 0 Å². The maximum Gasteiger partial charge on any atom is 0.182 e. The SMILES string of the molecule is COCc1nocc1CS(=O)(=O)c1ccc2c(c1)CCC2. The number of fused-ring (bicyclic) bond motifs is 1. The minimum atomic E-state index is -3.40. The lowest BCUT2D eigenvalue weighted by Gasteiger charge is -2.06. The molecule has 0 saturated carbocycles. The van der Waals surface area contributed by atoms with E-state index in [1.165, 1.54) is 18.9 Å². The third-order valence-electron chi connectivity index (χ3n) is 3.78. The van der Waals surface area contributed by atoms with Gasteiger partial charge in [0.15, 0.2) is 9.84 Å². The Morgan fingerprint density at radius 1 is 1.29 bits per heavy atom. The minimum Gasteiger partial charge on any atom is -0.378 e. The van der Waals surface area contributed by atoms with Crippen LogP contribution in [0.1, 0.15) is 28.8 Å². The number of aryl methyl sites for hydroxylation is 2. The molecule has 3 rings (SSSR count). The number of sulfone groups is 1. The van der Waals surface area contributed by atoms with Gasteiger partial charge in [-0.1, -0.05) is 11.2 Å². The summed E-state index contributed by atoms with van der Waals surface area (Å²) in [5.41, 5.74) is 3.50. The van der Waals surface area contributed by atoms with Crippen LogP contribution in [0.4, 0.5) is 0 Å². The standard InChI is InChI=1S/C15H17NO4S/c1-19-9-15-13(8-20-16-15)10-21(17,18)14-6-5-11-3-2-4-12(11)7-14/h5-8H,2-4,9-10H2,1H3. The third kappa shape index (κ3) is 2.87. The highest BCUT2D eigenvalue weighted by molar-refractivity contribution is 7.90. The van der Waals surface area contributed by atoms with Crippen molar-refractivity contribution in [3.63, 3.8) is 0 Å². The highest BCUT2D eigenvalue weighted by atomic mass is 32.2. The number of hydrogen-bond acceptors (Lipinski definition) is 5. The van der Waals surface area contributed by atoms with Crippen molar-refractivity contribution < 1.29 is 17.7 Å². The molecule has 6 heteroatoms. The van der Waals surface area contributed by atoms with Crippen LogP contribution in [0.5, 0.6) is 0 Å². The van der Waals surface area contributed by atoms with Crippen LogP contribution in [-0.2, 0) is 39.8 Å². The first-order valence-electron chi connectivity index (χ1n) is 6.86. The van der Waals surface area contributed by atoms with Crippen LogP contribution in [-0.4, -0.2) is 20.7 Å². The van der Waals surface area contributed by atoms with Crippen molar-refractivity contribution in [3.8, 4) is 0 Å². The van der Waals surface area contributed by atoms with Crippen LogP contribution >= 0.6 is 0 Å². The molecule has 1 aliphatic carbocycles. The van der Waals surface area contributed by atoms with Crippen molar-refractivity contribution >= 4 is 9.84 Å². The average Bonchev–Trinajstić information content (AvgIpc) is 3.07. The molecule has 0 aliphatic heterocycles. The summed E-state index contributed by atoms with van der Waals surface area (Å²) in [7, 11) is -1.87. The van der Waals surface area contributed by atoms with E-state index in [9.17, 15) is 8.42 Å². The molecular formula is C15H17NO4S. The van der Waals surface area contributed by atoms with Gasteiger partial charge in [-0.3, -0.25) is 0 Å². The fraction of sp³-hybridized carbons (Fsp3) is 0.400. The molecule has 0 spiro atoms. The van der Waals surface area contributed by atoms with Gasteiger partial charge in [0.25, 0.3) is 0 Å². The molecule has 21 heavy (non-hydrogen) atoms. The Hall–Kier alpha value is -1.66. The highest BCUT2D eigenvalue weighted by Crippen LogP contribution is 2.26. The van der Waals surface area contributed by atoms with E-state index in [1.54, 1.807) is 12.1 Å². The van der Waals surface area contributed by atoms with Crippen LogP contribution < -0.4 is 0 Å². The number of aromatic nitrogens is 1. The third-order valence-corrected chi connectivity index (χ3v) is 5.45. The largest absolute Gasteiger partial charge is 0.378 e. The zero-order valence-corrected chi connectivity index (χ0v) is 12.6. The Balaban J connectivity index is 1.88. The Morgan fingerprint density at radius 2 is 2.10 bits per heavy atom. The van der Waals surface area contributed by atoms with Crippen molar-refractivity contribution in [3.05, 3.63) is 46.8 Å². The highest BCUT2D eigenvalue weighted by Gasteiger charge is 2.22.